The number of anilines is 1. The van der Waals surface area contributed by atoms with Crippen molar-refractivity contribution in [2.45, 2.75) is 25.4 Å². The van der Waals surface area contributed by atoms with E-state index in [0.29, 0.717) is 6.61 Å². The van der Waals surface area contributed by atoms with Gasteiger partial charge in [0.1, 0.15) is 23.5 Å². The van der Waals surface area contributed by atoms with Crippen LogP contribution in [-0.4, -0.2) is 32.4 Å². The molecule has 0 radical (unpaired) electrons. The summed E-state index contributed by atoms with van der Waals surface area (Å²) in [5, 5.41) is 0.736. The van der Waals surface area contributed by atoms with Gasteiger partial charge in [-0.1, -0.05) is 17.7 Å². The number of hydrogen-bond donors (Lipinski definition) is 0. The SMILES string of the molecule is Clc1c(OC[C@@H]2CO2)cccc1N1CCCCC1. The van der Waals surface area contributed by atoms with Crippen LogP contribution >= 0.6 is 11.6 Å². The van der Waals surface area contributed by atoms with Crippen LogP contribution in [0.2, 0.25) is 5.02 Å². The molecule has 0 N–H and O–H groups in total. The fourth-order valence-corrected chi connectivity index (χ4v) is 2.64. The normalized spacial score (nSPS) is 22.9. The summed E-state index contributed by atoms with van der Waals surface area (Å²) in [6.07, 6.45) is 4.08. The molecule has 98 valence electrons. The Balaban J connectivity index is 1.73. The van der Waals surface area contributed by atoms with E-state index in [4.69, 9.17) is 21.1 Å². The monoisotopic (exact) mass is 267 g/mol. The molecule has 1 aromatic carbocycles. The second kappa shape index (κ2) is 5.37. The molecule has 3 nitrogen and oxygen atoms in total. The molecular weight excluding hydrogens is 250 g/mol. The van der Waals surface area contributed by atoms with E-state index >= 15 is 0 Å². The minimum absolute atomic E-state index is 0.264. The van der Waals surface area contributed by atoms with E-state index in [0.717, 1.165) is 36.2 Å². The molecule has 3 rings (SSSR count). The summed E-state index contributed by atoms with van der Waals surface area (Å²) in [4.78, 5) is 2.35. The molecule has 0 aliphatic carbocycles. The maximum Gasteiger partial charge on any atom is 0.140 e. The highest BCUT2D eigenvalue weighted by molar-refractivity contribution is 6.34. The first kappa shape index (κ1) is 12.1. The van der Waals surface area contributed by atoms with Crippen LogP contribution in [0.5, 0.6) is 5.75 Å². The first-order valence-electron chi connectivity index (χ1n) is 6.62. The summed E-state index contributed by atoms with van der Waals surface area (Å²) in [6.45, 7) is 3.59. The zero-order valence-corrected chi connectivity index (χ0v) is 11.2. The van der Waals surface area contributed by atoms with Crippen molar-refractivity contribution in [3.05, 3.63) is 23.2 Å². The lowest BCUT2D eigenvalue weighted by atomic mass is 10.1. The van der Waals surface area contributed by atoms with Gasteiger partial charge in [-0.15, -0.1) is 0 Å². The summed E-state index contributed by atoms with van der Waals surface area (Å²) >= 11 is 6.44. The van der Waals surface area contributed by atoms with Crippen LogP contribution < -0.4 is 9.64 Å². The maximum absolute atomic E-state index is 6.44. The second-order valence-electron chi connectivity index (χ2n) is 4.90. The zero-order valence-electron chi connectivity index (χ0n) is 10.4. The van der Waals surface area contributed by atoms with E-state index in [2.05, 4.69) is 11.0 Å². The molecule has 0 bridgehead atoms. The van der Waals surface area contributed by atoms with Gasteiger partial charge in [0.25, 0.3) is 0 Å². The first-order chi connectivity index (χ1) is 8.84. The minimum atomic E-state index is 0.264. The fourth-order valence-electron chi connectivity index (χ4n) is 2.34. The molecule has 0 unspecified atom stereocenters. The van der Waals surface area contributed by atoms with Crippen molar-refractivity contribution in [1.29, 1.82) is 0 Å². The van der Waals surface area contributed by atoms with E-state index in [1.165, 1.54) is 19.3 Å². The summed E-state index contributed by atoms with van der Waals surface area (Å²) in [5.41, 5.74) is 1.10. The highest BCUT2D eigenvalue weighted by Gasteiger charge is 2.24. The quantitative estimate of drug-likeness (QED) is 0.784. The minimum Gasteiger partial charge on any atom is -0.489 e. The Bertz CT molecular complexity index is 414. The van der Waals surface area contributed by atoms with Crippen molar-refractivity contribution in [1.82, 2.24) is 0 Å². The maximum atomic E-state index is 6.44. The Morgan fingerprint density at radius 3 is 2.78 bits per heavy atom. The summed E-state index contributed by atoms with van der Waals surface area (Å²) < 4.78 is 10.8. The number of halogens is 1. The van der Waals surface area contributed by atoms with Crippen LogP contribution in [0.15, 0.2) is 18.2 Å². The van der Waals surface area contributed by atoms with Gasteiger partial charge in [0.2, 0.25) is 0 Å². The Morgan fingerprint density at radius 2 is 2.06 bits per heavy atom. The molecule has 0 aromatic heterocycles. The lowest BCUT2D eigenvalue weighted by Gasteiger charge is -2.30. The highest BCUT2D eigenvalue weighted by Crippen LogP contribution is 2.36. The van der Waals surface area contributed by atoms with Crippen LogP contribution in [0.25, 0.3) is 0 Å². The number of epoxide rings is 1. The van der Waals surface area contributed by atoms with Gasteiger partial charge < -0.3 is 14.4 Å². The van der Waals surface area contributed by atoms with E-state index in [1.807, 2.05) is 12.1 Å². The van der Waals surface area contributed by atoms with Gasteiger partial charge in [-0.2, -0.15) is 0 Å². The zero-order chi connectivity index (χ0) is 12.4. The van der Waals surface area contributed by atoms with Crippen molar-refractivity contribution in [3.8, 4) is 5.75 Å². The molecule has 4 heteroatoms. The van der Waals surface area contributed by atoms with E-state index in [1.54, 1.807) is 0 Å². The number of rotatable bonds is 4. The smallest absolute Gasteiger partial charge is 0.140 e. The average molecular weight is 268 g/mol. The van der Waals surface area contributed by atoms with Crippen LogP contribution in [0, 0.1) is 0 Å². The molecule has 2 fully saturated rings. The van der Waals surface area contributed by atoms with Gasteiger partial charge in [0, 0.05) is 13.1 Å². The Hall–Kier alpha value is -0.930. The molecule has 2 saturated heterocycles. The predicted octanol–water partition coefficient (Wildman–Crippen LogP) is 3.11. The van der Waals surface area contributed by atoms with Crippen LogP contribution in [0.1, 0.15) is 19.3 Å². The van der Waals surface area contributed by atoms with Crippen molar-refractivity contribution in [3.63, 3.8) is 0 Å². The van der Waals surface area contributed by atoms with Gasteiger partial charge in [-0.3, -0.25) is 0 Å². The molecule has 2 heterocycles. The Kier molecular flexibility index (Phi) is 3.62. The largest absolute Gasteiger partial charge is 0.489 e. The lowest BCUT2D eigenvalue weighted by molar-refractivity contribution is 0.263. The van der Waals surface area contributed by atoms with E-state index in [-0.39, 0.29) is 6.10 Å². The number of ether oxygens (including phenoxy) is 2. The van der Waals surface area contributed by atoms with Gasteiger partial charge in [-0.05, 0) is 31.4 Å². The van der Waals surface area contributed by atoms with Gasteiger partial charge in [0.15, 0.2) is 0 Å². The average Bonchev–Trinajstić information content (AvgIpc) is 3.23. The van der Waals surface area contributed by atoms with Crippen molar-refractivity contribution >= 4 is 17.3 Å². The van der Waals surface area contributed by atoms with Gasteiger partial charge in [0.05, 0.1) is 12.3 Å². The van der Waals surface area contributed by atoms with Crippen LogP contribution in [-0.2, 0) is 4.74 Å². The van der Waals surface area contributed by atoms with Crippen molar-refractivity contribution in [2.75, 3.05) is 31.2 Å². The second-order valence-corrected chi connectivity index (χ2v) is 5.28. The molecular formula is C14H18ClNO2. The summed E-state index contributed by atoms with van der Waals surface area (Å²) in [5.74, 6) is 0.773. The summed E-state index contributed by atoms with van der Waals surface area (Å²) in [7, 11) is 0. The molecule has 0 saturated carbocycles. The molecule has 0 spiro atoms. The number of piperidine rings is 1. The third kappa shape index (κ3) is 2.73. The molecule has 0 amide bonds. The number of nitrogens with zero attached hydrogens (tertiary/aromatic N) is 1. The molecule has 2 aliphatic heterocycles. The van der Waals surface area contributed by atoms with Gasteiger partial charge in [-0.25, -0.2) is 0 Å². The fraction of sp³-hybridized carbons (Fsp3) is 0.571. The Labute approximate surface area is 113 Å². The van der Waals surface area contributed by atoms with E-state index < -0.39 is 0 Å². The molecule has 18 heavy (non-hydrogen) atoms. The first-order valence-corrected chi connectivity index (χ1v) is 7.00. The third-order valence-corrected chi connectivity index (χ3v) is 3.85. The summed E-state index contributed by atoms with van der Waals surface area (Å²) in [6, 6.07) is 6.02. The topological polar surface area (TPSA) is 25.0 Å². The van der Waals surface area contributed by atoms with Gasteiger partial charge >= 0.3 is 0 Å². The predicted molar refractivity (Wildman–Crippen MR) is 72.8 cm³/mol. The molecule has 1 aromatic rings. The van der Waals surface area contributed by atoms with Crippen LogP contribution in [0.3, 0.4) is 0 Å². The Morgan fingerprint density at radius 1 is 1.28 bits per heavy atom. The lowest BCUT2D eigenvalue weighted by Crippen LogP contribution is -2.29. The van der Waals surface area contributed by atoms with Crippen LogP contribution in [0.4, 0.5) is 5.69 Å². The van der Waals surface area contributed by atoms with Crippen molar-refractivity contribution in [2.24, 2.45) is 0 Å². The third-order valence-electron chi connectivity index (χ3n) is 3.47. The van der Waals surface area contributed by atoms with Crippen molar-refractivity contribution < 1.29 is 9.47 Å². The van der Waals surface area contributed by atoms with E-state index in [9.17, 15) is 0 Å². The molecule has 1 atom stereocenters. The molecule has 2 aliphatic rings. The highest BCUT2D eigenvalue weighted by atomic mass is 35.5. The number of hydrogen-bond acceptors (Lipinski definition) is 3. The number of benzene rings is 1. The standard InChI is InChI=1S/C14H18ClNO2/c15-14-12(16-7-2-1-3-8-16)5-4-6-13(14)18-10-11-9-17-11/h4-6,11H,1-3,7-10H2/t11-/m0/s1.